The summed E-state index contributed by atoms with van der Waals surface area (Å²) in [5.74, 6) is 0.980. The molecule has 194 valence electrons. The van der Waals surface area contributed by atoms with Gasteiger partial charge < -0.3 is 19.7 Å². The first-order valence-corrected chi connectivity index (χ1v) is 11.2. The third kappa shape index (κ3) is 6.57. The summed E-state index contributed by atoms with van der Waals surface area (Å²) in [6, 6.07) is 24.6. The largest absolute Gasteiger partial charge is 0.762 e. The normalized spacial score (nSPS) is 11.0. The Morgan fingerprint density at radius 1 is 0.649 bits per heavy atom. The van der Waals surface area contributed by atoms with Crippen LogP contribution in [-0.2, 0) is 16.2 Å². The molecule has 0 saturated heterocycles. The molecule has 0 atom stereocenters. The molecular formula is C26H27N4O7-. The Balaban J connectivity index is 1.41. The topological polar surface area (TPSA) is 113 Å². The van der Waals surface area contributed by atoms with Crippen molar-refractivity contribution in [2.75, 3.05) is 36.8 Å². The van der Waals surface area contributed by atoms with Crippen LogP contribution in [-0.4, -0.2) is 36.9 Å². The van der Waals surface area contributed by atoms with Crippen molar-refractivity contribution in [3.8, 4) is 11.5 Å². The van der Waals surface area contributed by atoms with Crippen molar-refractivity contribution in [1.82, 2.24) is 5.23 Å². The average Bonchev–Trinajstić information content (AvgIpc) is 2.93. The van der Waals surface area contributed by atoms with Crippen molar-refractivity contribution in [2.24, 2.45) is 0 Å². The molecule has 4 rings (SSSR count). The van der Waals surface area contributed by atoms with Crippen LogP contribution in [0.3, 0.4) is 0 Å². The summed E-state index contributed by atoms with van der Waals surface area (Å²) in [7, 11) is 4.45. The maximum atomic E-state index is 11.3. The van der Waals surface area contributed by atoms with Crippen LogP contribution in [0.2, 0.25) is 0 Å². The minimum atomic E-state index is 0.0790. The van der Waals surface area contributed by atoms with Gasteiger partial charge in [0.1, 0.15) is 5.69 Å². The summed E-state index contributed by atoms with van der Waals surface area (Å²) in [5, 5.41) is 36.6. The molecule has 0 amide bonds. The third-order valence-electron chi connectivity index (χ3n) is 5.50. The summed E-state index contributed by atoms with van der Waals surface area (Å²) >= 11 is 0. The predicted octanol–water partition coefficient (Wildman–Crippen LogP) is 5.08. The summed E-state index contributed by atoms with van der Waals surface area (Å²) < 4.78 is 0. The molecule has 0 fully saturated rings. The van der Waals surface area contributed by atoms with E-state index in [9.17, 15) is 15.6 Å². The Kier molecular flexibility index (Phi) is 8.25. The van der Waals surface area contributed by atoms with Crippen molar-refractivity contribution in [1.29, 1.82) is 0 Å². The van der Waals surface area contributed by atoms with Gasteiger partial charge in [-0.25, -0.2) is 5.06 Å². The molecule has 0 heterocycles. The van der Waals surface area contributed by atoms with Gasteiger partial charge in [-0.2, -0.15) is 0 Å². The third-order valence-corrected chi connectivity index (χ3v) is 5.50. The highest BCUT2D eigenvalue weighted by atomic mass is 16.9. The Morgan fingerprint density at radius 2 is 1.19 bits per heavy atom. The summed E-state index contributed by atoms with van der Waals surface area (Å²) in [4.78, 5) is 20.7. The molecule has 4 aromatic carbocycles. The van der Waals surface area contributed by atoms with Crippen LogP contribution in [0.25, 0.3) is 10.8 Å². The number of hydroxylamine groups is 3. The van der Waals surface area contributed by atoms with E-state index in [1.165, 1.54) is 14.2 Å². The van der Waals surface area contributed by atoms with Crippen LogP contribution in [0.1, 0.15) is 5.56 Å². The van der Waals surface area contributed by atoms with Gasteiger partial charge in [-0.3, -0.25) is 20.5 Å². The highest BCUT2D eigenvalue weighted by molar-refractivity contribution is 5.88. The van der Waals surface area contributed by atoms with Crippen molar-refractivity contribution < 1.29 is 29.8 Å². The minimum absolute atomic E-state index is 0.0790. The van der Waals surface area contributed by atoms with E-state index in [0.29, 0.717) is 38.6 Å². The number of hydrogen-bond donors (Lipinski definition) is 2. The zero-order valence-electron chi connectivity index (χ0n) is 20.5. The molecule has 0 saturated carbocycles. The van der Waals surface area contributed by atoms with Gasteiger partial charge in [-0.05, 0) is 77.0 Å². The zero-order valence-corrected chi connectivity index (χ0v) is 20.5. The van der Waals surface area contributed by atoms with Gasteiger partial charge in [0.25, 0.3) is 0 Å². The quantitative estimate of drug-likeness (QED) is 0.265. The molecular weight excluding hydrogens is 480 g/mol. The van der Waals surface area contributed by atoms with E-state index in [-0.39, 0.29) is 6.54 Å². The lowest BCUT2D eigenvalue weighted by Gasteiger charge is -2.24. The summed E-state index contributed by atoms with van der Waals surface area (Å²) in [5.41, 5.74) is 2.46. The highest BCUT2D eigenvalue weighted by Crippen LogP contribution is 2.28. The smallest absolute Gasteiger partial charge is 0.158 e. The number of anilines is 3. The molecule has 4 aromatic rings. The molecule has 0 bridgehead atoms. The Morgan fingerprint density at radius 3 is 1.81 bits per heavy atom. The Bertz CT molecular complexity index is 1300. The van der Waals surface area contributed by atoms with Gasteiger partial charge in [0.2, 0.25) is 0 Å². The molecule has 0 aliphatic heterocycles. The fourth-order valence-electron chi connectivity index (χ4n) is 3.51. The molecule has 0 spiro atoms. The number of benzene rings is 4. The molecule has 0 radical (unpaired) electrons. The Hall–Kier alpha value is -4.10. The van der Waals surface area contributed by atoms with Gasteiger partial charge in [0, 0.05) is 13.6 Å². The number of nitrogens with zero attached hydrogens (tertiary/aromatic N) is 4. The van der Waals surface area contributed by atoms with Crippen molar-refractivity contribution in [2.45, 2.75) is 6.54 Å². The number of hydrogen-bond acceptors (Lipinski definition) is 11. The molecule has 37 heavy (non-hydrogen) atoms. The molecule has 0 aliphatic rings. The minimum Gasteiger partial charge on any atom is -0.762 e. The number of rotatable bonds is 11. The van der Waals surface area contributed by atoms with Crippen molar-refractivity contribution >= 4 is 27.8 Å². The number of fused-ring (bicyclic) bond motifs is 1. The first-order chi connectivity index (χ1) is 17.9. The zero-order chi connectivity index (χ0) is 26.4. The second kappa shape index (κ2) is 11.8. The molecule has 0 aromatic heterocycles. The lowest BCUT2D eigenvalue weighted by atomic mass is 10.1. The van der Waals surface area contributed by atoms with Gasteiger partial charge in [-0.15, -0.1) is 5.23 Å². The molecule has 11 nitrogen and oxygen atoms in total. The van der Waals surface area contributed by atoms with Gasteiger partial charge in [0.05, 0.1) is 25.6 Å². The van der Waals surface area contributed by atoms with Crippen LogP contribution in [0.15, 0.2) is 84.9 Å². The van der Waals surface area contributed by atoms with E-state index in [4.69, 9.17) is 14.5 Å². The van der Waals surface area contributed by atoms with E-state index in [2.05, 4.69) is 4.84 Å². The van der Waals surface area contributed by atoms with Crippen molar-refractivity contribution in [3.05, 3.63) is 95.7 Å². The maximum Gasteiger partial charge on any atom is 0.158 e. The van der Waals surface area contributed by atoms with Crippen LogP contribution >= 0.6 is 0 Å². The van der Waals surface area contributed by atoms with Gasteiger partial charge >= 0.3 is 0 Å². The van der Waals surface area contributed by atoms with E-state index in [1.54, 1.807) is 72.8 Å². The maximum absolute atomic E-state index is 11.3. The van der Waals surface area contributed by atoms with Crippen LogP contribution < -0.4 is 25.2 Å². The molecule has 0 unspecified atom stereocenters. The SMILES string of the molecule is CON([O-])Cc1ccc(ON(O)c2ccc3cc(N(C)Oc4ccc(N(O)OC)cc4)ccc3c2)cc1. The van der Waals surface area contributed by atoms with E-state index in [1.807, 2.05) is 24.3 Å². The monoisotopic (exact) mass is 507 g/mol. The van der Waals surface area contributed by atoms with Crippen LogP contribution in [0, 0.1) is 5.21 Å². The van der Waals surface area contributed by atoms with Gasteiger partial charge in [0.15, 0.2) is 11.5 Å². The van der Waals surface area contributed by atoms with E-state index >= 15 is 0 Å². The fourth-order valence-corrected chi connectivity index (χ4v) is 3.51. The highest BCUT2D eigenvalue weighted by Gasteiger charge is 2.10. The molecule has 11 heteroatoms. The first-order valence-electron chi connectivity index (χ1n) is 11.2. The summed E-state index contributed by atoms with van der Waals surface area (Å²) in [6.07, 6.45) is 0. The lowest BCUT2D eigenvalue weighted by molar-refractivity contribution is -0.0949. The van der Waals surface area contributed by atoms with Crippen molar-refractivity contribution in [3.63, 3.8) is 0 Å². The van der Waals surface area contributed by atoms with E-state index in [0.717, 1.165) is 22.0 Å². The van der Waals surface area contributed by atoms with Crippen LogP contribution in [0.4, 0.5) is 17.1 Å². The summed E-state index contributed by atoms with van der Waals surface area (Å²) in [6.45, 7) is 0.0790. The van der Waals surface area contributed by atoms with Crippen LogP contribution in [0.5, 0.6) is 11.5 Å². The fraction of sp³-hybridized carbons (Fsp3) is 0.154. The van der Waals surface area contributed by atoms with Gasteiger partial charge in [-0.1, -0.05) is 29.5 Å². The first kappa shape index (κ1) is 26.0. The second-order valence-corrected chi connectivity index (χ2v) is 7.94. The van der Waals surface area contributed by atoms with E-state index < -0.39 is 0 Å². The molecule has 0 aliphatic carbocycles. The average molecular weight is 508 g/mol. The second-order valence-electron chi connectivity index (χ2n) is 7.94. The predicted molar refractivity (Wildman–Crippen MR) is 138 cm³/mol. The standard InChI is InChI=1S/C26H27N4O7/c1-27(36-25-14-10-22(11-15-25)29(32)35-3)23-8-6-21-17-24(9-7-20(21)16-23)30(33)37-26-12-4-19(5-13-26)18-28(31)34-2/h4-17,32-33H,18H2,1-3H3/q-1. The lowest BCUT2D eigenvalue weighted by Crippen LogP contribution is -2.22. The molecule has 2 N–H and O–H groups in total. The Labute approximate surface area is 213 Å².